The summed E-state index contributed by atoms with van der Waals surface area (Å²) in [6.45, 7) is 7.78. The van der Waals surface area contributed by atoms with E-state index in [2.05, 4.69) is 25.9 Å². The van der Waals surface area contributed by atoms with Crippen LogP contribution in [0.25, 0.3) is 0 Å². The molecule has 1 rings (SSSR count). The maximum absolute atomic E-state index is 10.0. The molecule has 0 fully saturated rings. The fraction of sp³-hybridized carbons (Fsp3) is 0.500. The Kier molecular flexibility index (Phi) is 4.22. The lowest BCUT2D eigenvalue weighted by atomic mass is 9.76. The lowest BCUT2D eigenvalue weighted by molar-refractivity contribution is 0.318. The Morgan fingerprint density at radius 2 is 1.72 bits per heavy atom. The molecule has 0 aromatic heterocycles. The number of nitrogens with zero attached hydrogens (tertiary/aromatic N) is 1. The second kappa shape index (κ2) is 5.29. The summed E-state index contributed by atoms with van der Waals surface area (Å²) < 4.78 is 0. The zero-order valence-corrected chi connectivity index (χ0v) is 11.4. The molecule has 0 aliphatic rings. The summed E-state index contributed by atoms with van der Waals surface area (Å²) in [5, 5.41) is 31.7. The Hall–Kier alpha value is -1.71. The van der Waals surface area contributed by atoms with Crippen LogP contribution in [-0.4, -0.2) is 21.1 Å². The summed E-state index contributed by atoms with van der Waals surface area (Å²) in [7, 11) is 0. The number of hydrogen-bond donors (Lipinski definition) is 3. The van der Waals surface area contributed by atoms with Gasteiger partial charge in [-0.3, -0.25) is 0 Å². The van der Waals surface area contributed by atoms with Gasteiger partial charge in [0.1, 0.15) is 11.5 Å². The molecule has 0 spiro atoms. The number of rotatable bonds is 4. The third-order valence-corrected chi connectivity index (χ3v) is 3.86. The van der Waals surface area contributed by atoms with Crippen molar-refractivity contribution in [2.45, 2.75) is 46.0 Å². The van der Waals surface area contributed by atoms with Crippen LogP contribution in [0.15, 0.2) is 17.3 Å². The molecule has 1 aromatic rings. The lowest BCUT2D eigenvalue weighted by Crippen LogP contribution is -2.20. The van der Waals surface area contributed by atoms with Crippen molar-refractivity contribution in [1.29, 1.82) is 0 Å². The van der Waals surface area contributed by atoms with Gasteiger partial charge in [0.15, 0.2) is 0 Å². The van der Waals surface area contributed by atoms with Gasteiger partial charge in [0.25, 0.3) is 0 Å². The Morgan fingerprint density at radius 1 is 1.17 bits per heavy atom. The van der Waals surface area contributed by atoms with Crippen molar-refractivity contribution < 1.29 is 15.4 Å². The number of oxime groups is 1. The molecule has 0 saturated carbocycles. The van der Waals surface area contributed by atoms with Gasteiger partial charge in [-0.1, -0.05) is 25.9 Å². The summed E-state index contributed by atoms with van der Waals surface area (Å²) in [5.74, 6) is -0.00528. The van der Waals surface area contributed by atoms with Gasteiger partial charge in [-0.15, -0.1) is 0 Å². The van der Waals surface area contributed by atoms with Crippen molar-refractivity contribution in [1.82, 2.24) is 0 Å². The molecule has 3 N–H and O–H groups in total. The molecule has 4 nitrogen and oxygen atoms in total. The smallest absolute Gasteiger partial charge is 0.128 e. The van der Waals surface area contributed by atoms with Crippen LogP contribution >= 0.6 is 0 Å². The largest absolute Gasteiger partial charge is 0.508 e. The topological polar surface area (TPSA) is 73.1 Å². The second-order valence-electron chi connectivity index (χ2n) is 4.84. The van der Waals surface area contributed by atoms with E-state index in [1.54, 1.807) is 13.0 Å². The molecular formula is C14H21NO3. The molecule has 0 saturated heterocycles. The number of phenolic OH excluding ortho intramolecular Hbond substituents is 2. The first kappa shape index (κ1) is 14.4. The van der Waals surface area contributed by atoms with E-state index >= 15 is 0 Å². The van der Waals surface area contributed by atoms with Gasteiger partial charge >= 0.3 is 0 Å². The second-order valence-corrected chi connectivity index (χ2v) is 4.84. The van der Waals surface area contributed by atoms with Crippen molar-refractivity contribution in [3.63, 3.8) is 0 Å². The maximum atomic E-state index is 10.0. The third kappa shape index (κ3) is 2.42. The van der Waals surface area contributed by atoms with Crippen molar-refractivity contribution in [3.05, 3.63) is 23.3 Å². The minimum absolute atomic E-state index is 0.0770. The maximum Gasteiger partial charge on any atom is 0.128 e. The van der Waals surface area contributed by atoms with Gasteiger partial charge in [0, 0.05) is 17.2 Å². The Balaban J connectivity index is 3.47. The van der Waals surface area contributed by atoms with E-state index in [-0.39, 0.29) is 16.9 Å². The van der Waals surface area contributed by atoms with Crippen LogP contribution in [0.5, 0.6) is 11.5 Å². The van der Waals surface area contributed by atoms with Gasteiger partial charge < -0.3 is 15.4 Å². The predicted molar refractivity (Wildman–Crippen MR) is 71.7 cm³/mol. The van der Waals surface area contributed by atoms with E-state index in [9.17, 15) is 10.2 Å². The summed E-state index contributed by atoms with van der Waals surface area (Å²) in [6.07, 6.45) is 1.74. The van der Waals surface area contributed by atoms with Gasteiger partial charge in [-0.05, 0) is 31.2 Å². The van der Waals surface area contributed by atoms with Crippen molar-refractivity contribution in [2.24, 2.45) is 5.16 Å². The molecule has 0 unspecified atom stereocenters. The summed E-state index contributed by atoms with van der Waals surface area (Å²) in [5.41, 5.74) is 1.37. The Morgan fingerprint density at radius 3 is 2.17 bits per heavy atom. The summed E-state index contributed by atoms with van der Waals surface area (Å²) in [6, 6.07) is 3.01. The minimum atomic E-state index is -0.164. The summed E-state index contributed by atoms with van der Waals surface area (Å²) in [4.78, 5) is 0. The van der Waals surface area contributed by atoms with Crippen LogP contribution in [-0.2, 0) is 5.41 Å². The zero-order valence-electron chi connectivity index (χ0n) is 11.4. The van der Waals surface area contributed by atoms with Gasteiger partial charge in [0.05, 0.1) is 5.71 Å². The first-order valence-corrected chi connectivity index (χ1v) is 6.15. The fourth-order valence-electron chi connectivity index (χ4n) is 2.04. The van der Waals surface area contributed by atoms with E-state index in [0.717, 1.165) is 18.4 Å². The van der Waals surface area contributed by atoms with Crippen LogP contribution in [0.4, 0.5) is 0 Å². The molecule has 0 atom stereocenters. The fourth-order valence-corrected chi connectivity index (χ4v) is 2.04. The van der Waals surface area contributed by atoms with Crippen molar-refractivity contribution >= 4 is 5.71 Å². The van der Waals surface area contributed by atoms with Crippen molar-refractivity contribution in [2.75, 3.05) is 0 Å². The molecule has 0 radical (unpaired) electrons. The quantitative estimate of drug-likeness (QED) is 0.436. The minimum Gasteiger partial charge on any atom is -0.508 e. The molecule has 0 bridgehead atoms. The number of aromatic hydroxyl groups is 2. The first-order chi connectivity index (χ1) is 8.39. The van der Waals surface area contributed by atoms with Gasteiger partial charge in [0.2, 0.25) is 0 Å². The van der Waals surface area contributed by atoms with Crippen LogP contribution in [0.1, 0.15) is 51.7 Å². The van der Waals surface area contributed by atoms with Crippen molar-refractivity contribution in [3.8, 4) is 11.5 Å². The average Bonchev–Trinajstić information content (AvgIpc) is 2.37. The Labute approximate surface area is 108 Å². The average molecular weight is 251 g/mol. The normalized spacial score (nSPS) is 12.8. The third-order valence-electron chi connectivity index (χ3n) is 3.86. The molecule has 0 amide bonds. The molecule has 0 heterocycles. The molecule has 100 valence electrons. The van der Waals surface area contributed by atoms with Gasteiger partial charge in [-0.25, -0.2) is 0 Å². The monoisotopic (exact) mass is 251 g/mol. The Bertz CT molecular complexity index is 462. The van der Waals surface area contributed by atoms with Crippen LogP contribution in [0.2, 0.25) is 0 Å². The van der Waals surface area contributed by atoms with Crippen LogP contribution < -0.4 is 0 Å². The molecular weight excluding hydrogens is 230 g/mol. The first-order valence-electron chi connectivity index (χ1n) is 6.15. The lowest BCUT2D eigenvalue weighted by Gasteiger charge is -2.28. The molecule has 4 heteroatoms. The highest BCUT2D eigenvalue weighted by atomic mass is 16.4. The van der Waals surface area contributed by atoms with E-state index in [0.29, 0.717) is 11.3 Å². The van der Waals surface area contributed by atoms with E-state index < -0.39 is 0 Å². The highest BCUT2D eigenvalue weighted by Crippen LogP contribution is 2.39. The standard InChI is InChI=1S/C14H21NO3/c1-5-14(4,6-2)11-7-10(9(3)15-18)12(16)8-13(11)17/h7-8,16-18H,5-6H2,1-4H3/b15-9+. The zero-order chi connectivity index (χ0) is 13.9. The van der Waals surface area contributed by atoms with Crippen LogP contribution in [0, 0.1) is 0 Å². The number of benzene rings is 1. The molecule has 18 heavy (non-hydrogen) atoms. The van der Waals surface area contributed by atoms with Crippen LogP contribution in [0.3, 0.4) is 0 Å². The SMILES string of the molecule is CCC(C)(CC)c1cc(/C(C)=N/O)c(O)cc1O. The predicted octanol–water partition coefficient (Wildman–Crippen LogP) is 3.37. The van der Waals surface area contributed by atoms with Gasteiger partial charge in [-0.2, -0.15) is 0 Å². The highest BCUT2D eigenvalue weighted by molar-refractivity contribution is 6.01. The van der Waals surface area contributed by atoms with E-state index in [4.69, 9.17) is 5.21 Å². The van der Waals surface area contributed by atoms with E-state index in [1.807, 2.05) is 0 Å². The highest BCUT2D eigenvalue weighted by Gasteiger charge is 2.27. The number of hydrogen-bond acceptors (Lipinski definition) is 4. The van der Waals surface area contributed by atoms with E-state index in [1.165, 1.54) is 6.07 Å². The number of phenols is 2. The molecule has 0 aliphatic heterocycles. The molecule has 1 aromatic carbocycles. The summed E-state index contributed by atoms with van der Waals surface area (Å²) >= 11 is 0. The molecule has 0 aliphatic carbocycles.